The van der Waals surface area contributed by atoms with E-state index in [2.05, 4.69) is 25.8 Å². The van der Waals surface area contributed by atoms with Crippen molar-refractivity contribution in [1.29, 1.82) is 0 Å². The van der Waals surface area contributed by atoms with E-state index in [1.807, 2.05) is 77.5 Å². The summed E-state index contributed by atoms with van der Waals surface area (Å²) in [7, 11) is 0. The van der Waals surface area contributed by atoms with Gasteiger partial charge in [-0.3, -0.25) is 14.7 Å². The van der Waals surface area contributed by atoms with E-state index in [9.17, 15) is 9.59 Å². The minimum atomic E-state index is -0.553. The van der Waals surface area contributed by atoms with Crippen molar-refractivity contribution in [2.75, 3.05) is 5.75 Å². The molecule has 0 bridgehead atoms. The molecule has 0 unspecified atom stereocenters. The predicted molar refractivity (Wildman–Crippen MR) is 141 cm³/mol. The summed E-state index contributed by atoms with van der Waals surface area (Å²) in [5, 5.41) is 16.0. The number of aromatic amines is 1. The van der Waals surface area contributed by atoms with Gasteiger partial charge in [0.2, 0.25) is 5.91 Å². The minimum absolute atomic E-state index is 0.0155. The number of H-pyrrole nitrogens is 1. The molecule has 0 spiro atoms. The number of benzene rings is 3. The Morgan fingerprint density at radius 3 is 2.50 bits per heavy atom. The number of hydrogen-bond acceptors (Lipinski definition) is 5. The summed E-state index contributed by atoms with van der Waals surface area (Å²) in [6.07, 6.45) is 1.89. The van der Waals surface area contributed by atoms with Gasteiger partial charge in [0.15, 0.2) is 11.0 Å². The molecule has 0 fully saturated rings. The number of thioether (sulfide) groups is 1. The Morgan fingerprint density at radius 1 is 0.944 bits per heavy atom. The van der Waals surface area contributed by atoms with Gasteiger partial charge in [0, 0.05) is 39.9 Å². The van der Waals surface area contributed by atoms with Crippen molar-refractivity contribution < 1.29 is 9.59 Å². The van der Waals surface area contributed by atoms with Gasteiger partial charge in [-0.1, -0.05) is 71.9 Å². The van der Waals surface area contributed by atoms with Gasteiger partial charge >= 0.3 is 6.03 Å². The van der Waals surface area contributed by atoms with E-state index in [1.54, 1.807) is 12.1 Å². The SMILES string of the molecule is O=C(CSc1nnc(-c2c[nH]c3ccccc23)n1-c1ccc(Cl)cc1)NC(=O)NCc1ccccc1. The van der Waals surface area contributed by atoms with Crippen molar-refractivity contribution in [3.63, 3.8) is 0 Å². The fourth-order valence-corrected chi connectivity index (χ4v) is 4.61. The lowest BCUT2D eigenvalue weighted by atomic mass is 10.1. The van der Waals surface area contributed by atoms with Crippen molar-refractivity contribution in [3.05, 3.63) is 95.6 Å². The highest BCUT2D eigenvalue weighted by atomic mass is 35.5. The van der Waals surface area contributed by atoms with Gasteiger partial charge in [-0.15, -0.1) is 10.2 Å². The van der Waals surface area contributed by atoms with Crippen LogP contribution in [0.4, 0.5) is 4.79 Å². The van der Waals surface area contributed by atoms with Crippen LogP contribution in [0, 0.1) is 0 Å². The van der Waals surface area contributed by atoms with Gasteiger partial charge in [-0.05, 0) is 35.9 Å². The number of carbonyl (C=O) groups excluding carboxylic acids is 2. The number of para-hydroxylation sites is 1. The maximum atomic E-state index is 12.5. The van der Waals surface area contributed by atoms with Crippen LogP contribution in [0.5, 0.6) is 0 Å². The zero-order chi connectivity index (χ0) is 24.9. The fourth-order valence-electron chi connectivity index (χ4n) is 3.73. The smallest absolute Gasteiger partial charge is 0.321 e. The Kier molecular flexibility index (Phi) is 7.01. The molecule has 3 aromatic carbocycles. The largest absolute Gasteiger partial charge is 0.360 e. The number of halogens is 1. The molecule has 10 heteroatoms. The molecule has 0 aliphatic rings. The Labute approximate surface area is 216 Å². The second kappa shape index (κ2) is 10.7. The highest BCUT2D eigenvalue weighted by Gasteiger charge is 2.20. The molecular formula is C26H21ClN6O2S. The molecule has 2 aromatic heterocycles. The minimum Gasteiger partial charge on any atom is -0.360 e. The molecule has 0 aliphatic heterocycles. The van der Waals surface area contributed by atoms with Crippen LogP contribution in [0.2, 0.25) is 5.02 Å². The molecule has 0 saturated heterocycles. The molecule has 3 N–H and O–H groups in total. The van der Waals surface area contributed by atoms with Crippen LogP contribution < -0.4 is 10.6 Å². The second-order valence-corrected chi connectivity index (χ2v) is 9.25. The van der Waals surface area contributed by atoms with E-state index in [4.69, 9.17) is 11.6 Å². The van der Waals surface area contributed by atoms with Crippen molar-refractivity contribution in [1.82, 2.24) is 30.4 Å². The van der Waals surface area contributed by atoms with Crippen LogP contribution >= 0.6 is 23.4 Å². The van der Waals surface area contributed by atoms with Crippen LogP contribution in [-0.2, 0) is 11.3 Å². The molecule has 2 heterocycles. The average Bonchev–Trinajstić information content (AvgIpc) is 3.51. The molecule has 0 aliphatic carbocycles. The number of fused-ring (bicyclic) bond motifs is 1. The maximum Gasteiger partial charge on any atom is 0.321 e. The van der Waals surface area contributed by atoms with Crippen molar-refractivity contribution >= 4 is 46.2 Å². The van der Waals surface area contributed by atoms with Crippen molar-refractivity contribution in [3.8, 4) is 17.1 Å². The lowest BCUT2D eigenvalue weighted by Gasteiger charge is -2.10. The Morgan fingerprint density at radius 2 is 1.69 bits per heavy atom. The molecular weight excluding hydrogens is 496 g/mol. The first-order chi connectivity index (χ1) is 17.6. The summed E-state index contributed by atoms with van der Waals surface area (Å²) in [5.74, 6) is 0.168. The predicted octanol–water partition coefficient (Wildman–Crippen LogP) is 5.19. The van der Waals surface area contributed by atoms with E-state index in [1.165, 1.54) is 11.8 Å². The Balaban J connectivity index is 1.33. The topological polar surface area (TPSA) is 105 Å². The average molecular weight is 517 g/mol. The number of aromatic nitrogens is 4. The second-order valence-electron chi connectivity index (χ2n) is 7.87. The molecule has 180 valence electrons. The maximum absolute atomic E-state index is 12.5. The molecule has 5 rings (SSSR count). The third-order valence-electron chi connectivity index (χ3n) is 5.43. The molecule has 0 atom stereocenters. The van der Waals surface area contributed by atoms with Gasteiger partial charge in [0.05, 0.1) is 5.75 Å². The fraction of sp³-hybridized carbons (Fsp3) is 0.0769. The first kappa shape index (κ1) is 23.7. The summed E-state index contributed by atoms with van der Waals surface area (Å²) in [6.45, 7) is 0.325. The van der Waals surface area contributed by atoms with Crippen LogP contribution in [0.3, 0.4) is 0 Å². The van der Waals surface area contributed by atoms with E-state index in [0.717, 1.165) is 27.7 Å². The number of amides is 3. The van der Waals surface area contributed by atoms with Gasteiger partial charge in [0.1, 0.15) is 0 Å². The van der Waals surface area contributed by atoms with E-state index in [0.29, 0.717) is 22.5 Å². The number of rotatable bonds is 7. The Bertz CT molecular complexity index is 1510. The first-order valence-corrected chi connectivity index (χ1v) is 12.5. The monoisotopic (exact) mass is 516 g/mol. The summed E-state index contributed by atoms with van der Waals surface area (Å²) in [5.41, 5.74) is 3.60. The van der Waals surface area contributed by atoms with Gasteiger partial charge in [-0.2, -0.15) is 0 Å². The van der Waals surface area contributed by atoms with Gasteiger partial charge in [0.25, 0.3) is 0 Å². The lowest BCUT2D eigenvalue weighted by Crippen LogP contribution is -2.40. The summed E-state index contributed by atoms with van der Waals surface area (Å²) in [6, 6.07) is 24.1. The zero-order valence-corrected chi connectivity index (χ0v) is 20.5. The van der Waals surface area contributed by atoms with E-state index >= 15 is 0 Å². The van der Waals surface area contributed by atoms with Crippen LogP contribution in [0.25, 0.3) is 28.0 Å². The van der Waals surface area contributed by atoms with Crippen molar-refractivity contribution in [2.24, 2.45) is 0 Å². The first-order valence-electron chi connectivity index (χ1n) is 11.1. The summed E-state index contributed by atoms with van der Waals surface area (Å²) >= 11 is 7.29. The van der Waals surface area contributed by atoms with Gasteiger partial charge in [-0.25, -0.2) is 4.79 Å². The van der Waals surface area contributed by atoms with E-state index < -0.39 is 11.9 Å². The number of nitrogens with one attached hydrogen (secondary N) is 3. The third kappa shape index (κ3) is 5.27. The quantitative estimate of drug-likeness (QED) is 0.258. The molecule has 5 aromatic rings. The third-order valence-corrected chi connectivity index (χ3v) is 6.61. The van der Waals surface area contributed by atoms with Crippen LogP contribution in [-0.4, -0.2) is 37.4 Å². The molecule has 0 radical (unpaired) electrons. The number of urea groups is 1. The molecule has 3 amide bonds. The highest BCUT2D eigenvalue weighted by molar-refractivity contribution is 7.99. The van der Waals surface area contributed by atoms with Crippen LogP contribution in [0.1, 0.15) is 5.56 Å². The molecule has 8 nitrogen and oxygen atoms in total. The standard InChI is InChI=1S/C26H21ClN6O2S/c27-18-10-12-19(13-11-18)33-24(21-15-28-22-9-5-4-8-20(21)22)31-32-26(33)36-16-23(34)30-25(35)29-14-17-6-2-1-3-7-17/h1-13,15,28H,14,16H2,(H2,29,30,34,35). The lowest BCUT2D eigenvalue weighted by molar-refractivity contribution is -0.117. The number of nitrogens with zero attached hydrogens (tertiary/aromatic N) is 3. The van der Waals surface area contributed by atoms with E-state index in [-0.39, 0.29) is 5.75 Å². The number of imide groups is 1. The molecule has 0 saturated carbocycles. The van der Waals surface area contributed by atoms with Gasteiger partial charge < -0.3 is 10.3 Å². The summed E-state index contributed by atoms with van der Waals surface area (Å²) in [4.78, 5) is 27.9. The zero-order valence-electron chi connectivity index (χ0n) is 18.9. The Hall–Kier alpha value is -4.08. The molecule has 36 heavy (non-hydrogen) atoms. The van der Waals surface area contributed by atoms with Crippen LogP contribution in [0.15, 0.2) is 90.2 Å². The highest BCUT2D eigenvalue weighted by Crippen LogP contribution is 2.32. The summed E-state index contributed by atoms with van der Waals surface area (Å²) < 4.78 is 1.87. The number of hydrogen-bond donors (Lipinski definition) is 3. The normalized spacial score (nSPS) is 10.9. The van der Waals surface area contributed by atoms with Crippen molar-refractivity contribution in [2.45, 2.75) is 11.7 Å². The number of carbonyl (C=O) groups is 2.